The second kappa shape index (κ2) is 6.06. The third-order valence-electron chi connectivity index (χ3n) is 2.05. The summed E-state index contributed by atoms with van der Waals surface area (Å²) in [7, 11) is 0. The minimum absolute atomic E-state index is 0.00226. The molecule has 1 aromatic heterocycles. The SMILES string of the molecule is O=C(O)CCC(NC(=O)c1ccc(Cl)o1)C(=O)O. The molecule has 8 heteroatoms. The van der Waals surface area contributed by atoms with Crippen molar-refractivity contribution in [2.75, 3.05) is 0 Å². The number of carboxylic acid groups (broad SMARTS) is 2. The first-order chi connectivity index (χ1) is 8.40. The van der Waals surface area contributed by atoms with E-state index in [2.05, 4.69) is 5.32 Å². The number of rotatable bonds is 6. The molecule has 1 aromatic rings. The van der Waals surface area contributed by atoms with Crippen LogP contribution in [0.2, 0.25) is 5.22 Å². The zero-order valence-corrected chi connectivity index (χ0v) is 9.81. The van der Waals surface area contributed by atoms with Crippen LogP contribution >= 0.6 is 11.6 Å². The molecule has 0 aromatic carbocycles. The molecule has 98 valence electrons. The van der Waals surface area contributed by atoms with Crippen LogP contribution in [0.3, 0.4) is 0 Å². The summed E-state index contributed by atoms with van der Waals surface area (Å²) in [4.78, 5) is 32.7. The molecule has 0 aliphatic rings. The van der Waals surface area contributed by atoms with Gasteiger partial charge in [-0.05, 0) is 30.2 Å². The van der Waals surface area contributed by atoms with E-state index in [0.29, 0.717) is 0 Å². The van der Waals surface area contributed by atoms with Crippen LogP contribution < -0.4 is 5.32 Å². The first kappa shape index (κ1) is 14.0. The minimum atomic E-state index is -1.32. The molecule has 0 aliphatic heterocycles. The lowest BCUT2D eigenvalue weighted by Crippen LogP contribution is -2.40. The molecule has 0 aliphatic carbocycles. The normalized spacial score (nSPS) is 11.8. The van der Waals surface area contributed by atoms with Crippen LogP contribution in [0.1, 0.15) is 23.4 Å². The van der Waals surface area contributed by atoms with Crippen LogP contribution in [-0.4, -0.2) is 34.1 Å². The molecule has 0 spiro atoms. The van der Waals surface area contributed by atoms with Crippen molar-refractivity contribution in [1.29, 1.82) is 0 Å². The number of carbonyl (C=O) groups is 3. The van der Waals surface area contributed by atoms with Crippen LogP contribution in [0, 0.1) is 0 Å². The Kier molecular flexibility index (Phi) is 4.73. The molecule has 1 atom stereocenters. The minimum Gasteiger partial charge on any atom is -0.481 e. The van der Waals surface area contributed by atoms with Gasteiger partial charge in [0.15, 0.2) is 11.0 Å². The van der Waals surface area contributed by atoms with Crippen molar-refractivity contribution < 1.29 is 29.0 Å². The van der Waals surface area contributed by atoms with E-state index >= 15 is 0 Å². The summed E-state index contributed by atoms with van der Waals surface area (Å²) in [5.74, 6) is -3.36. The van der Waals surface area contributed by atoms with Crippen LogP contribution in [0.25, 0.3) is 0 Å². The molecule has 0 radical (unpaired) electrons. The number of nitrogens with one attached hydrogen (secondary N) is 1. The highest BCUT2D eigenvalue weighted by Gasteiger charge is 2.22. The van der Waals surface area contributed by atoms with Crippen LogP contribution in [-0.2, 0) is 9.59 Å². The van der Waals surface area contributed by atoms with E-state index in [-0.39, 0.29) is 23.8 Å². The predicted octanol–water partition coefficient (Wildman–Crippen LogP) is 0.981. The number of carboxylic acids is 2. The largest absolute Gasteiger partial charge is 0.481 e. The number of halogens is 1. The van der Waals surface area contributed by atoms with Crippen molar-refractivity contribution >= 4 is 29.4 Å². The number of hydrogen-bond acceptors (Lipinski definition) is 4. The van der Waals surface area contributed by atoms with E-state index in [9.17, 15) is 14.4 Å². The quantitative estimate of drug-likeness (QED) is 0.712. The van der Waals surface area contributed by atoms with Crippen LogP contribution in [0.15, 0.2) is 16.5 Å². The average Bonchev–Trinajstić information content (AvgIpc) is 2.70. The Hall–Kier alpha value is -2.02. The molecular weight excluding hydrogens is 266 g/mol. The first-order valence-corrected chi connectivity index (χ1v) is 5.28. The average molecular weight is 276 g/mol. The Morgan fingerprint density at radius 2 is 2.00 bits per heavy atom. The van der Waals surface area contributed by atoms with E-state index in [4.69, 9.17) is 26.2 Å². The Bertz CT molecular complexity index is 469. The maximum absolute atomic E-state index is 11.5. The fraction of sp³-hybridized carbons (Fsp3) is 0.300. The maximum Gasteiger partial charge on any atom is 0.326 e. The summed E-state index contributed by atoms with van der Waals surface area (Å²) in [5, 5.41) is 19.4. The number of furan rings is 1. The second-order valence-corrected chi connectivity index (χ2v) is 3.77. The number of amides is 1. The molecule has 0 fully saturated rings. The highest BCUT2D eigenvalue weighted by molar-refractivity contribution is 6.29. The monoisotopic (exact) mass is 275 g/mol. The van der Waals surface area contributed by atoms with E-state index in [1.54, 1.807) is 0 Å². The van der Waals surface area contributed by atoms with Crippen molar-refractivity contribution in [3.05, 3.63) is 23.1 Å². The summed E-state index contributed by atoms with van der Waals surface area (Å²) in [5.41, 5.74) is 0. The Balaban J connectivity index is 2.63. The molecule has 7 nitrogen and oxygen atoms in total. The van der Waals surface area contributed by atoms with E-state index in [1.807, 2.05) is 0 Å². The smallest absolute Gasteiger partial charge is 0.326 e. The zero-order chi connectivity index (χ0) is 13.7. The lowest BCUT2D eigenvalue weighted by atomic mass is 10.1. The molecule has 1 heterocycles. The van der Waals surface area contributed by atoms with Gasteiger partial charge < -0.3 is 19.9 Å². The van der Waals surface area contributed by atoms with Gasteiger partial charge in [-0.2, -0.15) is 0 Å². The van der Waals surface area contributed by atoms with Crippen molar-refractivity contribution in [3.8, 4) is 0 Å². The summed E-state index contributed by atoms with van der Waals surface area (Å²) >= 11 is 5.47. The van der Waals surface area contributed by atoms with Crippen molar-refractivity contribution in [1.82, 2.24) is 5.32 Å². The lowest BCUT2D eigenvalue weighted by Gasteiger charge is -2.12. The highest BCUT2D eigenvalue weighted by atomic mass is 35.5. The molecule has 18 heavy (non-hydrogen) atoms. The van der Waals surface area contributed by atoms with Gasteiger partial charge in [0.05, 0.1) is 0 Å². The topological polar surface area (TPSA) is 117 Å². The number of aliphatic carboxylic acids is 2. The predicted molar refractivity (Wildman–Crippen MR) is 59.5 cm³/mol. The van der Waals surface area contributed by atoms with Gasteiger partial charge in [-0.25, -0.2) is 4.79 Å². The van der Waals surface area contributed by atoms with E-state index in [0.717, 1.165) is 0 Å². The molecular formula is C10H10ClNO6. The van der Waals surface area contributed by atoms with Gasteiger partial charge in [-0.15, -0.1) is 0 Å². The van der Waals surface area contributed by atoms with Gasteiger partial charge in [0.25, 0.3) is 5.91 Å². The standard InChI is InChI=1S/C10H10ClNO6/c11-7-3-2-6(18-7)9(15)12-5(10(16)17)1-4-8(13)14/h2-3,5H,1,4H2,(H,12,15)(H,13,14)(H,16,17). The van der Waals surface area contributed by atoms with E-state index in [1.165, 1.54) is 12.1 Å². The Morgan fingerprint density at radius 3 is 2.44 bits per heavy atom. The fourth-order valence-electron chi connectivity index (χ4n) is 1.19. The van der Waals surface area contributed by atoms with Gasteiger partial charge in [-0.3, -0.25) is 9.59 Å². The maximum atomic E-state index is 11.5. The van der Waals surface area contributed by atoms with E-state index < -0.39 is 23.9 Å². The van der Waals surface area contributed by atoms with Gasteiger partial charge in [0, 0.05) is 6.42 Å². The number of hydrogen-bond donors (Lipinski definition) is 3. The van der Waals surface area contributed by atoms with Gasteiger partial charge in [0.1, 0.15) is 6.04 Å². The molecule has 0 bridgehead atoms. The fourth-order valence-corrected chi connectivity index (χ4v) is 1.34. The van der Waals surface area contributed by atoms with Crippen molar-refractivity contribution in [2.45, 2.75) is 18.9 Å². The van der Waals surface area contributed by atoms with Gasteiger partial charge in [-0.1, -0.05) is 0 Å². The van der Waals surface area contributed by atoms with Crippen LogP contribution in [0.5, 0.6) is 0 Å². The zero-order valence-electron chi connectivity index (χ0n) is 9.05. The van der Waals surface area contributed by atoms with Crippen molar-refractivity contribution in [2.24, 2.45) is 0 Å². The number of carbonyl (C=O) groups excluding carboxylic acids is 1. The third kappa shape index (κ3) is 4.10. The Morgan fingerprint density at radius 1 is 1.33 bits per heavy atom. The summed E-state index contributed by atoms with van der Waals surface area (Å²) in [6.07, 6.45) is -0.582. The van der Waals surface area contributed by atoms with Crippen molar-refractivity contribution in [3.63, 3.8) is 0 Å². The van der Waals surface area contributed by atoms with Gasteiger partial charge >= 0.3 is 11.9 Å². The molecule has 0 saturated carbocycles. The summed E-state index contributed by atoms with van der Waals surface area (Å²) in [6, 6.07) is 1.33. The molecule has 1 amide bonds. The summed E-state index contributed by atoms with van der Waals surface area (Å²) < 4.78 is 4.80. The van der Waals surface area contributed by atoms with Gasteiger partial charge in [0.2, 0.25) is 0 Å². The molecule has 1 rings (SSSR count). The third-order valence-corrected chi connectivity index (χ3v) is 2.25. The molecule has 3 N–H and O–H groups in total. The Labute approximate surface area is 106 Å². The first-order valence-electron chi connectivity index (χ1n) is 4.91. The lowest BCUT2D eigenvalue weighted by molar-refractivity contribution is -0.140. The highest BCUT2D eigenvalue weighted by Crippen LogP contribution is 2.13. The molecule has 0 saturated heterocycles. The second-order valence-electron chi connectivity index (χ2n) is 3.40. The molecule has 1 unspecified atom stereocenters. The van der Waals surface area contributed by atoms with Crippen LogP contribution in [0.4, 0.5) is 0 Å². The summed E-state index contributed by atoms with van der Waals surface area (Å²) in [6.45, 7) is 0.